The highest BCUT2D eigenvalue weighted by molar-refractivity contribution is 6.30. The van der Waals surface area contributed by atoms with Crippen molar-refractivity contribution in [1.82, 2.24) is 5.32 Å². The van der Waals surface area contributed by atoms with Crippen molar-refractivity contribution in [3.05, 3.63) is 65.2 Å². The number of methoxy groups -OCH3 is 1. The second-order valence-corrected chi connectivity index (χ2v) is 5.87. The van der Waals surface area contributed by atoms with Gasteiger partial charge in [0.25, 0.3) is 0 Å². The Labute approximate surface area is 135 Å². The molecular formula is C18H18ClNO2. The summed E-state index contributed by atoms with van der Waals surface area (Å²) in [5.74, 6) is 0.589. The minimum Gasteiger partial charge on any atom is -0.497 e. The van der Waals surface area contributed by atoms with Crippen LogP contribution in [-0.4, -0.2) is 13.0 Å². The van der Waals surface area contributed by atoms with Gasteiger partial charge in [-0.1, -0.05) is 36.4 Å². The van der Waals surface area contributed by atoms with E-state index in [1.54, 1.807) is 7.11 Å². The van der Waals surface area contributed by atoms with Crippen LogP contribution in [0.15, 0.2) is 48.5 Å². The number of alkyl halides is 1. The minimum atomic E-state index is -0.696. The third-order valence-corrected chi connectivity index (χ3v) is 4.54. The van der Waals surface area contributed by atoms with Gasteiger partial charge in [-0.3, -0.25) is 4.79 Å². The molecular weight excluding hydrogens is 298 g/mol. The Kier molecular flexibility index (Phi) is 4.34. The monoisotopic (exact) mass is 315 g/mol. The first-order valence-corrected chi connectivity index (χ1v) is 7.79. The van der Waals surface area contributed by atoms with E-state index in [0.29, 0.717) is 0 Å². The van der Waals surface area contributed by atoms with Crippen LogP contribution in [0.3, 0.4) is 0 Å². The van der Waals surface area contributed by atoms with Crippen LogP contribution < -0.4 is 10.1 Å². The lowest BCUT2D eigenvalue weighted by Crippen LogP contribution is -2.30. The van der Waals surface area contributed by atoms with Crippen molar-refractivity contribution in [2.75, 3.05) is 7.11 Å². The van der Waals surface area contributed by atoms with Gasteiger partial charge in [0, 0.05) is 0 Å². The maximum absolute atomic E-state index is 12.4. The van der Waals surface area contributed by atoms with Crippen molar-refractivity contribution in [3.8, 4) is 5.75 Å². The van der Waals surface area contributed by atoms with Crippen LogP contribution in [0.5, 0.6) is 5.75 Å². The number of rotatable bonds is 4. The second-order valence-electron chi connectivity index (χ2n) is 5.43. The van der Waals surface area contributed by atoms with Crippen LogP contribution in [0.2, 0.25) is 0 Å². The van der Waals surface area contributed by atoms with E-state index < -0.39 is 5.38 Å². The van der Waals surface area contributed by atoms with Crippen LogP contribution in [0.4, 0.5) is 0 Å². The molecule has 3 rings (SSSR count). The zero-order chi connectivity index (χ0) is 15.5. The van der Waals surface area contributed by atoms with Crippen molar-refractivity contribution < 1.29 is 9.53 Å². The summed E-state index contributed by atoms with van der Waals surface area (Å²) in [6.07, 6.45) is 1.92. The predicted octanol–water partition coefficient (Wildman–Crippen LogP) is 3.78. The molecule has 114 valence electrons. The third kappa shape index (κ3) is 2.95. The molecule has 22 heavy (non-hydrogen) atoms. The van der Waals surface area contributed by atoms with E-state index in [-0.39, 0.29) is 11.9 Å². The molecule has 0 bridgehead atoms. The number of nitrogens with one attached hydrogen (secondary N) is 1. The van der Waals surface area contributed by atoms with Crippen LogP contribution >= 0.6 is 11.6 Å². The van der Waals surface area contributed by atoms with Crippen LogP contribution in [-0.2, 0) is 11.2 Å². The average molecular weight is 316 g/mol. The number of ether oxygens (including phenoxy) is 1. The summed E-state index contributed by atoms with van der Waals surface area (Å²) >= 11 is 6.30. The molecule has 2 atom stereocenters. The summed E-state index contributed by atoms with van der Waals surface area (Å²) in [7, 11) is 1.61. The summed E-state index contributed by atoms with van der Waals surface area (Å²) in [5.41, 5.74) is 3.28. The number of hydrogen-bond donors (Lipinski definition) is 1. The number of carbonyl (C=O) groups is 1. The number of fused-ring (bicyclic) bond motifs is 1. The van der Waals surface area contributed by atoms with Crippen molar-refractivity contribution in [1.29, 1.82) is 0 Å². The molecule has 0 saturated carbocycles. The van der Waals surface area contributed by atoms with E-state index in [0.717, 1.165) is 24.2 Å². The van der Waals surface area contributed by atoms with Gasteiger partial charge in [0.2, 0.25) is 5.91 Å². The lowest BCUT2D eigenvalue weighted by molar-refractivity contribution is -0.121. The summed E-state index contributed by atoms with van der Waals surface area (Å²) in [4.78, 5) is 12.4. The predicted molar refractivity (Wildman–Crippen MR) is 87.2 cm³/mol. The number of carbonyl (C=O) groups excluding carboxylic acids is 1. The molecule has 1 aliphatic carbocycles. The Balaban J connectivity index is 1.69. The van der Waals surface area contributed by atoms with Gasteiger partial charge in [-0.15, -0.1) is 11.6 Å². The molecule has 0 saturated heterocycles. The van der Waals surface area contributed by atoms with Gasteiger partial charge in [-0.2, -0.15) is 0 Å². The number of benzene rings is 2. The first-order valence-electron chi connectivity index (χ1n) is 7.35. The molecule has 1 amide bonds. The molecule has 0 spiro atoms. The molecule has 1 aliphatic rings. The second kappa shape index (κ2) is 6.41. The Morgan fingerprint density at radius 1 is 1.23 bits per heavy atom. The van der Waals surface area contributed by atoms with Gasteiger partial charge in [0.05, 0.1) is 13.2 Å². The minimum absolute atomic E-state index is 0.0585. The fourth-order valence-corrected chi connectivity index (χ4v) is 3.08. The van der Waals surface area contributed by atoms with Gasteiger partial charge in [-0.05, 0) is 41.7 Å². The van der Waals surface area contributed by atoms with Crippen molar-refractivity contribution in [2.45, 2.75) is 24.3 Å². The topological polar surface area (TPSA) is 38.3 Å². The van der Waals surface area contributed by atoms with E-state index in [1.807, 2.05) is 36.4 Å². The number of halogens is 1. The summed E-state index contributed by atoms with van der Waals surface area (Å²) < 4.78 is 5.11. The lowest BCUT2D eigenvalue weighted by Gasteiger charge is -2.17. The Morgan fingerprint density at radius 2 is 1.95 bits per heavy atom. The largest absolute Gasteiger partial charge is 0.497 e. The first-order chi connectivity index (χ1) is 10.7. The van der Waals surface area contributed by atoms with Crippen molar-refractivity contribution in [3.63, 3.8) is 0 Å². The zero-order valence-electron chi connectivity index (χ0n) is 12.4. The van der Waals surface area contributed by atoms with Crippen molar-refractivity contribution in [2.24, 2.45) is 0 Å². The summed E-state index contributed by atoms with van der Waals surface area (Å²) in [6.45, 7) is 0. The van der Waals surface area contributed by atoms with E-state index in [4.69, 9.17) is 16.3 Å². The summed E-state index contributed by atoms with van der Waals surface area (Å²) in [5, 5.41) is 2.36. The van der Waals surface area contributed by atoms with Crippen molar-refractivity contribution >= 4 is 17.5 Å². The standard InChI is InChI=1S/C18H18ClNO2/c1-22-14-9-6-13(7-10-14)17(19)18(21)20-16-11-8-12-4-2-3-5-15(12)16/h2-7,9-10,16-17H,8,11H2,1H3,(H,20,21). The highest BCUT2D eigenvalue weighted by atomic mass is 35.5. The maximum Gasteiger partial charge on any atom is 0.243 e. The molecule has 1 N–H and O–H groups in total. The third-order valence-electron chi connectivity index (χ3n) is 4.09. The lowest BCUT2D eigenvalue weighted by atomic mass is 10.1. The Morgan fingerprint density at radius 3 is 2.68 bits per heavy atom. The Bertz CT molecular complexity index is 669. The molecule has 0 aliphatic heterocycles. The van der Waals surface area contributed by atoms with Crippen LogP contribution in [0, 0.1) is 0 Å². The molecule has 3 nitrogen and oxygen atoms in total. The average Bonchev–Trinajstić information content (AvgIpc) is 2.97. The SMILES string of the molecule is COc1ccc(C(Cl)C(=O)NC2CCc3ccccc32)cc1. The number of hydrogen-bond acceptors (Lipinski definition) is 2. The molecule has 2 aromatic carbocycles. The van der Waals surface area contributed by atoms with Gasteiger partial charge < -0.3 is 10.1 Å². The van der Waals surface area contributed by atoms with Gasteiger partial charge in [0.1, 0.15) is 11.1 Å². The van der Waals surface area contributed by atoms with E-state index in [2.05, 4.69) is 17.4 Å². The Hall–Kier alpha value is -2.00. The van der Waals surface area contributed by atoms with Gasteiger partial charge in [-0.25, -0.2) is 0 Å². The van der Waals surface area contributed by atoms with Gasteiger partial charge >= 0.3 is 0 Å². The zero-order valence-corrected chi connectivity index (χ0v) is 13.1. The fraction of sp³-hybridized carbons (Fsp3) is 0.278. The smallest absolute Gasteiger partial charge is 0.243 e. The summed E-state index contributed by atoms with van der Waals surface area (Å²) in [6, 6.07) is 15.5. The van der Waals surface area contributed by atoms with E-state index >= 15 is 0 Å². The highest BCUT2D eigenvalue weighted by Gasteiger charge is 2.26. The first kappa shape index (κ1) is 14.9. The van der Waals surface area contributed by atoms with Crippen LogP contribution in [0.25, 0.3) is 0 Å². The van der Waals surface area contributed by atoms with E-state index in [9.17, 15) is 4.79 Å². The van der Waals surface area contributed by atoms with Gasteiger partial charge in [0.15, 0.2) is 0 Å². The molecule has 0 heterocycles. The van der Waals surface area contributed by atoms with E-state index in [1.165, 1.54) is 11.1 Å². The number of aryl methyl sites for hydroxylation is 1. The normalized spacial score (nSPS) is 17.6. The molecule has 0 fully saturated rings. The highest BCUT2D eigenvalue weighted by Crippen LogP contribution is 2.32. The molecule has 2 unspecified atom stereocenters. The molecule has 0 aromatic heterocycles. The molecule has 0 radical (unpaired) electrons. The molecule has 4 heteroatoms. The van der Waals surface area contributed by atoms with Crippen LogP contribution in [0.1, 0.15) is 34.5 Å². The quantitative estimate of drug-likeness (QED) is 0.872. The number of amides is 1. The molecule has 2 aromatic rings. The fourth-order valence-electron chi connectivity index (χ4n) is 2.88. The maximum atomic E-state index is 12.4.